The summed E-state index contributed by atoms with van der Waals surface area (Å²) in [4.78, 5) is 15.5. The van der Waals surface area contributed by atoms with Gasteiger partial charge in [-0.3, -0.25) is 9.69 Å². The van der Waals surface area contributed by atoms with Crippen molar-refractivity contribution in [3.63, 3.8) is 0 Å². The molecule has 9 nitrogen and oxygen atoms in total. The van der Waals surface area contributed by atoms with Crippen LogP contribution in [0.5, 0.6) is 5.75 Å². The van der Waals surface area contributed by atoms with Crippen LogP contribution in [-0.4, -0.2) is 74.1 Å². The molecule has 2 aliphatic heterocycles. The van der Waals surface area contributed by atoms with E-state index in [0.29, 0.717) is 19.5 Å². The monoisotopic (exact) mass is 543 g/mol. The number of benzene rings is 3. The molecule has 0 aliphatic carbocycles. The summed E-state index contributed by atoms with van der Waals surface area (Å²) < 4.78 is 33.0. The van der Waals surface area contributed by atoms with E-state index in [-0.39, 0.29) is 42.0 Å². The third-order valence-corrected chi connectivity index (χ3v) is 9.05. The Bertz CT molecular complexity index is 1510. The molecule has 3 aromatic carbocycles. The second-order valence-electron chi connectivity index (χ2n) is 9.43. The molecule has 10 heteroatoms. The first-order valence-corrected chi connectivity index (χ1v) is 14.2. The maximum Gasteiger partial charge on any atom is 0.257 e. The lowest BCUT2D eigenvalue weighted by molar-refractivity contribution is -0.134. The van der Waals surface area contributed by atoms with Gasteiger partial charge in [-0.05, 0) is 35.4 Å². The number of sulfonamides is 1. The number of hydrogen-bond acceptors (Lipinski definition) is 7. The SMILES string of the molecule is COc1ccc(C2CC(c3ccccc3)=NN2C(=O)CN2CCN(S(=O)(=O)c3ccccc3C#N)CC2)cc1. The van der Waals surface area contributed by atoms with E-state index in [9.17, 15) is 18.5 Å². The molecule has 3 aromatic rings. The lowest BCUT2D eigenvalue weighted by atomic mass is 9.98. The number of carbonyl (C=O) groups is 1. The second-order valence-corrected chi connectivity index (χ2v) is 11.3. The summed E-state index contributed by atoms with van der Waals surface area (Å²) in [6, 6.07) is 25.4. The number of ether oxygens (including phenoxy) is 1. The average molecular weight is 544 g/mol. The van der Waals surface area contributed by atoms with Gasteiger partial charge in [0.05, 0.1) is 35.9 Å². The van der Waals surface area contributed by atoms with Crippen LogP contribution in [0.25, 0.3) is 0 Å². The van der Waals surface area contributed by atoms with Crippen molar-refractivity contribution >= 4 is 21.6 Å². The Balaban J connectivity index is 1.29. The van der Waals surface area contributed by atoms with Crippen LogP contribution < -0.4 is 4.74 Å². The molecule has 0 aromatic heterocycles. The fourth-order valence-electron chi connectivity index (χ4n) is 4.95. The summed E-state index contributed by atoms with van der Waals surface area (Å²) in [6.45, 7) is 1.39. The van der Waals surface area contributed by atoms with Crippen LogP contribution in [-0.2, 0) is 14.8 Å². The molecule has 1 atom stereocenters. The lowest BCUT2D eigenvalue weighted by Gasteiger charge is -2.34. The number of hydrazone groups is 1. The summed E-state index contributed by atoms with van der Waals surface area (Å²) in [5.41, 5.74) is 2.91. The van der Waals surface area contributed by atoms with Crippen LogP contribution in [0.15, 0.2) is 88.9 Å². The minimum Gasteiger partial charge on any atom is -0.497 e. The number of rotatable bonds is 7. The van der Waals surface area contributed by atoms with E-state index in [0.717, 1.165) is 22.6 Å². The molecule has 200 valence electrons. The molecule has 1 fully saturated rings. The summed E-state index contributed by atoms with van der Waals surface area (Å²) in [5.74, 6) is 0.594. The fraction of sp³-hybridized carbons (Fsp3) is 0.276. The van der Waals surface area contributed by atoms with Crippen molar-refractivity contribution < 1.29 is 17.9 Å². The van der Waals surface area contributed by atoms with Gasteiger partial charge >= 0.3 is 0 Å². The zero-order valence-electron chi connectivity index (χ0n) is 21.6. The average Bonchev–Trinajstić information content (AvgIpc) is 3.44. The van der Waals surface area contributed by atoms with Crippen molar-refractivity contribution in [2.75, 3.05) is 39.8 Å². The molecular weight excluding hydrogens is 514 g/mol. The number of piperazine rings is 1. The van der Waals surface area contributed by atoms with Gasteiger partial charge in [-0.2, -0.15) is 14.7 Å². The molecule has 5 rings (SSSR count). The van der Waals surface area contributed by atoms with Crippen LogP contribution in [0.1, 0.15) is 29.2 Å². The molecule has 39 heavy (non-hydrogen) atoms. The zero-order valence-corrected chi connectivity index (χ0v) is 22.4. The first-order chi connectivity index (χ1) is 18.9. The van der Waals surface area contributed by atoms with Gasteiger partial charge in [0.25, 0.3) is 5.91 Å². The van der Waals surface area contributed by atoms with Crippen molar-refractivity contribution in [1.82, 2.24) is 14.2 Å². The Kier molecular flexibility index (Phi) is 7.74. The standard InChI is InChI=1S/C29H29N5O4S/c1-38-25-13-11-23(12-14-25)27-19-26(22-7-3-2-4-8-22)31-34(27)29(35)21-32-15-17-33(18-16-32)39(36,37)28-10-6-5-9-24(28)20-30/h2-14,27H,15-19,21H2,1H3. The predicted molar refractivity (Wildman–Crippen MR) is 147 cm³/mol. The molecule has 1 unspecified atom stereocenters. The van der Waals surface area contributed by atoms with Crippen LogP contribution in [0.3, 0.4) is 0 Å². The molecule has 0 bridgehead atoms. The van der Waals surface area contributed by atoms with Gasteiger partial charge < -0.3 is 4.74 Å². The van der Waals surface area contributed by atoms with Gasteiger partial charge in [-0.25, -0.2) is 13.4 Å². The van der Waals surface area contributed by atoms with Crippen LogP contribution in [0, 0.1) is 11.3 Å². The van der Waals surface area contributed by atoms with Crippen molar-refractivity contribution in [2.45, 2.75) is 17.4 Å². The van der Waals surface area contributed by atoms with E-state index in [1.54, 1.807) is 24.3 Å². The van der Waals surface area contributed by atoms with Gasteiger partial charge in [-0.15, -0.1) is 0 Å². The molecule has 1 saturated heterocycles. The topological polar surface area (TPSA) is 106 Å². The summed E-state index contributed by atoms with van der Waals surface area (Å²) >= 11 is 0. The van der Waals surface area contributed by atoms with Gasteiger partial charge in [0, 0.05) is 32.6 Å². The second kappa shape index (κ2) is 11.4. The number of methoxy groups -OCH3 is 1. The van der Waals surface area contributed by atoms with Crippen molar-refractivity contribution in [2.24, 2.45) is 5.10 Å². The minimum absolute atomic E-state index is 0.0132. The van der Waals surface area contributed by atoms with Crippen LogP contribution in [0.2, 0.25) is 0 Å². The molecule has 1 amide bonds. The third kappa shape index (κ3) is 5.56. The number of nitriles is 1. The minimum atomic E-state index is -3.80. The van der Waals surface area contributed by atoms with E-state index in [1.807, 2.05) is 65.6 Å². The van der Waals surface area contributed by atoms with E-state index in [2.05, 4.69) is 0 Å². The predicted octanol–water partition coefficient (Wildman–Crippen LogP) is 3.25. The molecule has 0 saturated carbocycles. The van der Waals surface area contributed by atoms with E-state index in [4.69, 9.17) is 9.84 Å². The smallest absolute Gasteiger partial charge is 0.257 e. The molecule has 0 spiro atoms. The Hall–Kier alpha value is -4.04. The van der Waals surface area contributed by atoms with E-state index in [1.165, 1.54) is 16.4 Å². The van der Waals surface area contributed by atoms with Crippen molar-refractivity contribution in [3.8, 4) is 11.8 Å². The number of carbonyl (C=O) groups excluding carboxylic acids is 1. The van der Waals surface area contributed by atoms with Gasteiger partial charge in [-0.1, -0.05) is 54.6 Å². The van der Waals surface area contributed by atoms with Gasteiger partial charge in [0.1, 0.15) is 11.8 Å². The molecule has 0 radical (unpaired) electrons. The Morgan fingerprint density at radius 3 is 2.31 bits per heavy atom. The zero-order chi connectivity index (χ0) is 27.4. The van der Waals surface area contributed by atoms with Gasteiger partial charge in [0.2, 0.25) is 10.0 Å². The summed E-state index contributed by atoms with van der Waals surface area (Å²) in [6.07, 6.45) is 0.590. The maximum atomic E-state index is 13.6. The fourth-order valence-corrected chi connectivity index (χ4v) is 6.51. The van der Waals surface area contributed by atoms with E-state index >= 15 is 0 Å². The number of amides is 1. The van der Waals surface area contributed by atoms with E-state index < -0.39 is 10.0 Å². The largest absolute Gasteiger partial charge is 0.497 e. The highest BCUT2D eigenvalue weighted by Crippen LogP contribution is 2.34. The quantitative estimate of drug-likeness (QED) is 0.453. The normalized spacial score (nSPS) is 18.4. The Morgan fingerprint density at radius 2 is 1.64 bits per heavy atom. The first kappa shape index (κ1) is 26.6. The van der Waals surface area contributed by atoms with Crippen LogP contribution >= 0.6 is 0 Å². The summed E-state index contributed by atoms with van der Waals surface area (Å²) in [5, 5.41) is 15.7. The van der Waals surface area contributed by atoms with Gasteiger partial charge in [0.15, 0.2) is 0 Å². The lowest BCUT2D eigenvalue weighted by Crippen LogP contribution is -2.51. The molecule has 0 N–H and O–H groups in total. The Morgan fingerprint density at radius 1 is 0.974 bits per heavy atom. The summed E-state index contributed by atoms with van der Waals surface area (Å²) in [7, 11) is -2.19. The van der Waals surface area contributed by atoms with Crippen molar-refractivity contribution in [3.05, 3.63) is 95.6 Å². The molecular formula is C29H29N5O4S. The van der Waals surface area contributed by atoms with Crippen LogP contribution in [0.4, 0.5) is 0 Å². The third-order valence-electron chi connectivity index (χ3n) is 7.09. The van der Waals surface area contributed by atoms with Crippen molar-refractivity contribution in [1.29, 1.82) is 5.26 Å². The highest BCUT2D eigenvalue weighted by atomic mass is 32.2. The molecule has 2 heterocycles. The first-order valence-electron chi connectivity index (χ1n) is 12.7. The maximum absolute atomic E-state index is 13.6. The Labute approximate surface area is 228 Å². The molecule has 2 aliphatic rings. The number of hydrogen-bond donors (Lipinski definition) is 0. The highest BCUT2D eigenvalue weighted by molar-refractivity contribution is 7.89. The highest BCUT2D eigenvalue weighted by Gasteiger charge is 2.35. The number of nitrogens with zero attached hydrogens (tertiary/aromatic N) is 5.